The van der Waals surface area contributed by atoms with E-state index in [9.17, 15) is 15.0 Å². The molecule has 0 bridgehead atoms. The van der Waals surface area contributed by atoms with E-state index in [0.29, 0.717) is 5.56 Å². The molecule has 0 aromatic heterocycles. The van der Waals surface area contributed by atoms with E-state index in [1.807, 2.05) is 13.0 Å². The van der Waals surface area contributed by atoms with E-state index < -0.39 is 17.6 Å². The third-order valence-corrected chi connectivity index (χ3v) is 4.47. The lowest BCUT2D eigenvalue weighted by atomic mass is 9.93. The first-order valence-electron chi connectivity index (χ1n) is 5.75. The number of benzene rings is 1. The third kappa shape index (κ3) is 3.48. The van der Waals surface area contributed by atoms with E-state index in [4.69, 9.17) is 5.73 Å². The molecule has 3 atom stereocenters. The first-order valence-corrected chi connectivity index (χ1v) is 6.80. The highest BCUT2D eigenvalue weighted by Gasteiger charge is 2.36. The SMILES string of the molecule is CC(O)C(C)SCC(N)(C(=O)O)c1ccccc1. The van der Waals surface area contributed by atoms with Gasteiger partial charge in [-0.1, -0.05) is 37.3 Å². The normalized spacial score (nSPS) is 17.8. The van der Waals surface area contributed by atoms with Gasteiger partial charge in [0.05, 0.1) is 6.10 Å². The number of aliphatic carboxylic acids is 1. The summed E-state index contributed by atoms with van der Waals surface area (Å²) in [5, 5.41) is 18.7. The first-order chi connectivity index (χ1) is 8.38. The molecule has 5 heteroatoms. The van der Waals surface area contributed by atoms with Gasteiger partial charge in [0.2, 0.25) is 0 Å². The number of hydrogen-bond donors (Lipinski definition) is 3. The van der Waals surface area contributed by atoms with Crippen molar-refractivity contribution < 1.29 is 15.0 Å². The molecule has 0 aliphatic heterocycles. The fourth-order valence-electron chi connectivity index (χ4n) is 1.41. The average Bonchev–Trinajstić information content (AvgIpc) is 2.36. The fourth-order valence-corrected chi connectivity index (χ4v) is 2.50. The monoisotopic (exact) mass is 269 g/mol. The second-order valence-electron chi connectivity index (χ2n) is 4.40. The Morgan fingerprint density at radius 1 is 1.39 bits per heavy atom. The van der Waals surface area contributed by atoms with E-state index in [-0.39, 0.29) is 11.0 Å². The van der Waals surface area contributed by atoms with Crippen molar-refractivity contribution in [2.75, 3.05) is 5.75 Å². The van der Waals surface area contributed by atoms with Crippen molar-refractivity contribution in [2.45, 2.75) is 30.7 Å². The van der Waals surface area contributed by atoms with Crippen molar-refractivity contribution >= 4 is 17.7 Å². The summed E-state index contributed by atoms with van der Waals surface area (Å²) in [4.78, 5) is 11.4. The Morgan fingerprint density at radius 3 is 2.39 bits per heavy atom. The van der Waals surface area contributed by atoms with Crippen molar-refractivity contribution in [2.24, 2.45) is 5.73 Å². The second-order valence-corrected chi connectivity index (χ2v) is 5.76. The molecule has 0 amide bonds. The van der Waals surface area contributed by atoms with Gasteiger partial charge in [-0.3, -0.25) is 0 Å². The maximum absolute atomic E-state index is 11.4. The number of nitrogens with two attached hydrogens (primary N) is 1. The molecule has 100 valence electrons. The summed E-state index contributed by atoms with van der Waals surface area (Å²) in [6.07, 6.45) is -0.496. The second kappa shape index (κ2) is 6.22. The molecule has 0 aliphatic rings. The maximum Gasteiger partial charge on any atom is 0.329 e. The summed E-state index contributed by atoms with van der Waals surface area (Å²) >= 11 is 1.36. The van der Waals surface area contributed by atoms with Crippen LogP contribution in [0.2, 0.25) is 0 Å². The smallest absolute Gasteiger partial charge is 0.329 e. The molecule has 3 unspecified atom stereocenters. The molecule has 0 saturated heterocycles. The number of thioether (sulfide) groups is 1. The largest absolute Gasteiger partial charge is 0.480 e. The van der Waals surface area contributed by atoms with Crippen LogP contribution in [0, 0.1) is 0 Å². The van der Waals surface area contributed by atoms with Gasteiger partial charge in [-0.05, 0) is 12.5 Å². The predicted molar refractivity (Wildman–Crippen MR) is 73.5 cm³/mol. The number of hydrogen-bond acceptors (Lipinski definition) is 4. The molecule has 0 fully saturated rings. The number of carboxylic acid groups (broad SMARTS) is 1. The minimum Gasteiger partial charge on any atom is -0.480 e. The number of aliphatic hydroxyl groups excluding tert-OH is 1. The van der Waals surface area contributed by atoms with Gasteiger partial charge in [-0.2, -0.15) is 11.8 Å². The van der Waals surface area contributed by atoms with Crippen molar-refractivity contribution in [3.63, 3.8) is 0 Å². The average molecular weight is 269 g/mol. The molecule has 0 aliphatic carbocycles. The van der Waals surface area contributed by atoms with Gasteiger partial charge in [-0.25, -0.2) is 4.79 Å². The molecule has 0 heterocycles. The van der Waals surface area contributed by atoms with Gasteiger partial charge < -0.3 is 15.9 Å². The van der Waals surface area contributed by atoms with Crippen molar-refractivity contribution in [3.8, 4) is 0 Å². The van der Waals surface area contributed by atoms with E-state index in [2.05, 4.69) is 0 Å². The zero-order valence-electron chi connectivity index (χ0n) is 10.5. The van der Waals surface area contributed by atoms with Gasteiger partial charge >= 0.3 is 5.97 Å². The molecular formula is C13H19NO3S. The van der Waals surface area contributed by atoms with E-state index in [0.717, 1.165) is 0 Å². The highest BCUT2D eigenvalue weighted by atomic mass is 32.2. The summed E-state index contributed by atoms with van der Waals surface area (Å²) < 4.78 is 0. The standard InChI is InChI=1S/C13H19NO3S/c1-9(15)10(2)18-8-13(14,12(16)17)11-6-4-3-5-7-11/h3-7,9-10,15H,8,14H2,1-2H3,(H,16,17). The molecule has 1 aromatic rings. The molecule has 4 nitrogen and oxygen atoms in total. The number of carbonyl (C=O) groups is 1. The topological polar surface area (TPSA) is 83.5 Å². The Bertz CT molecular complexity index is 396. The highest BCUT2D eigenvalue weighted by Crippen LogP contribution is 2.26. The lowest BCUT2D eigenvalue weighted by molar-refractivity contribution is -0.142. The highest BCUT2D eigenvalue weighted by molar-refractivity contribution is 8.00. The Morgan fingerprint density at radius 2 is 1.94 bits per heavy atom. The molecule has 1 aromatic carbocycles. The van der Waals surface area contributed by atoms with Crippen LogP contribution in [0.15, 0.2) is 30.3 Å². The zero-order chi connectivity index (χ0) is 13.8. The third-order valence-electron chi connectivity index (χ3n) is 2.92. The molecule has 0 spiro atoms. The molecule has 0 saturated carbocycles. The van der Waals surface area contributed by atoms with Gasteiger partial charge in [-0.15, -0.1) is 0 Å². The minimum atomic E-state index is -1.42. The zero-order valence-corrected chi connectivity index (χ0v) is 11.4. The molecule has 4 N–H and O–H groups in total. The molecule has 0 radical (unpaired) electrons. The van der Waals surface area contributed by atoms with E-state index >= 15 is 0 Å². The van der Waals surface area contributed by atoms with Crippen LogP contribution >= 0.6 is 11.8 Å². The van der Waals surface area contributed by atoms with Gasteiger partial charge in [0.25, 0.3) is 0 Å². The molecule has 18 heavy (non-hydrogen) atoms. The number of rotatable bonds is 6. The quantitative estimate of drug-likeness (QED) is 0.727. The van der Waals surface area contributed by atoms with Crippen LogP contribution in [0.1, 0.15) is 19.4 Å². The summed E-state index contributed by atoms with van der Waals surface area (Å²) in [6.45, 7) is 3.53. The van der Waals surface area contributed by atoms with Crippen LogP contribution in [-0.2, 0) is 10.3 Å². The van der Waals surface area contributed by atoms with Gasteiger partial charge in [0.1, 0.15) is 5.54 Å². The Balaban J connectivity index is 2.86. The lowest BCUT2D eigenvalue weighted by Gasteiger charge is -2.27. The molecular weight excluding hydrogens is 250 g/mol. The van der Waals surface area contributed by atoms with Gasteiger partial charge in [0, 0.05) is 11.0 Å². The summed E-state index contributed by atoms with van der Waals surface area (Å²) in [5.74, 6) is -0.836. The Labute approximate surface area is 111 Å². The van der Waals surface area contributed by atoms with Crippen molar-refractivity contribution in [1.29, 1.82) is 0 Å². The molecule has 1 rings (SSSR count). The lowest BCUT2D eigenvalue weighted by Crippen LogP contribution is -2.47. The van der Waals surface area contributed by atoms with E-state index in [1.54, 1.807) is 31.2 Å². The summed E-state index contributed by atoms with van der Waals surface area (Å²) in [5.41, 5.74) is 5.16. The van der Waals surface area contributed by atoms with Crippen LogP contribution in [0.4, 0.5) is 0 Å². The van der Waals surface area contributed by atoms with Crippen LogP contribution in [-0.4, -0.2) is 33.3 Å². The minimum absolute atomic E-state index is 0.0593. The Kier molecular flexibility index (Phi) is 5.19. The van der Waals surface area contributed by atoms with Crippen LogP contribution in [0.5, 0.6) is 0 Å². The predicted octanol–water partition coefficient (Wildman–Crippen LogP) is 1.43. The first kappa shape index (κ1) is 15.0. The Hall–Kier alpha value is -1.04. The fraction of sp³-hybridized carbons (Fsp3) is 0.462. The van der Waals surface area contributed by atoms with Crippen molar-refractivity contribution in [1.82, 2.24) is 0 Å². The van der Waals surface area contributed by atoms with E-state index in [1.165, 1.54) is 11.8 Å². The summed E-state index contributed by atoms with van der Waals surface area (Å²) in [7, 11) is 0. The van der Waals surface area contributed by atoms with Crippen LogP contribution < -0.4 is 5.73 Å². The summed E-state index contributed by atoms with van der Waals surface area (Å²) in [6, 6.07) is 8.77. The van der Waals surface area contributed by atoms with Crippen molar-refractivity contribution in [3.05, 3.63) is 35.9 Å². The van der Waals surface area contributed by atoms with Crippen LogP contribution in [0.25, 0.3) is 0 Å². The van der Waals surface area contributed by atoms with Crippen LogP contribution in [0.3, 0.4) is 0 Å². The number of carboxylic acids is 1. The van der Waals surface area contributed by atoms with Gasteiger partial charge in [0.15, 0.2) is 0 Å². The maximum atomic E-state index is 11.4. The number of aliphatic hydroxyl groups is 1.